The summed E-state index contributed by atoms with van der Waals surface area (Å²) in [6, 6.07) is 8.08. The fourth-order valence-corrected chi connectivity index (χ4v) is 2.71. The van der Waals surface area contributed by atoms with Crippen LogP contribution in [0.25, 0.3) is 0 Å². The van der Waals surface area contributed by atoms with Crippen molar-refractivity contribution >= 4 is 5.91 Å². The Hall–Kier alpha value is -1.55. The Labute approximate surface area is 127 Å². The first kappa shape index (κ1) is 15.8. The van der Waals surface area contributed by atoms with Crippen LogP contribution in [0.4, 0.5) is 0 Å². The fraction of sp³-hybridized carbons (Fsp3) is 0.588. The minimum Gasteiger partial charge on any atom is -0.483 e. The van der Waals surface area contributed by atoms with Crippen LogP contribution in [0.5, 0.6) is 5.75 Å². The Bertz CT molecular complexity index is 476. The first-order valence-corrected chi connectivity index (χ1v) is 7.87. The van der Waals surface area contributed by atoms with Crippen molar-refractivity contribution in [2.24, 2.45) is 5.73 Å². The SMILES string of the molecule is CC[C@@H](C)c1ccccc1OCC(=O)N1CCC[C@@H](N)C1. The van der Waals surface area contributed by atoms with Crippen LogP contribution in [0.3, 0.4) is 0 Å². The number of piperidine rings is 1. The van der Waals surface area contributed by atoms with E-state index in [1.165, 1.54) is 5.56 Å². The Morgan fingerprint density at radius 2 is 2.24 bits per heavy atom. The molecule has 1 amide bonds. The van der Waals surface area contributed by atoms with Gasteiger partial charge in [-0.3, -0.25) is 4.79 Å². The van der Waals surface area contributed by atoms with Crippen molar-refractivity contribution in [1.82, 2.24) is 4.90 Å². The second-order valence-corrected chi connectivity index (χ2v) is 5.88. The molecule has 0 aromatic heterocycles. The quantitative estimate of drug-likeness (QED) is 0.906. The van der Waals surface area contributed by atoms with Gasteiger partial charge in [0, 0.05) is 19.1 Å². The number of nitrogens with two attached hydrogens (primary N) is 1. The number of nitrogens with zero attached hydrogens (tertiary/aromatic N) is 1. The summed E-state index contributed by atoms with van der Waals surface area (Å²) in [5.41, 5.74) is 7.09. The van der Waals surface area contributed by atoms with E-state index < -0.39 is 0 Å². The maximum atomic E-state index is 12.2. The highest BCUT2D eigenvalue weighted by Crippen LogP contribution is 2.28. The van der Waals surface area contributed by atoms with Gasteiger partial charge < -0.3 is 15.4 Å². The van der Waals surface area contributed by atoms with E-state index in [2.05, 4.69) is 19.9 Å². The summed E-state index contributed by atoms with van der Waals surface area (Å²) in [6.45, 7) is 5.87. The number of amides is 1. The Kier molecular flexibility index (Phi) is 5.62. The normalized spacial score (nSPS) is 20.1. The van der Waals surface area contributed by atoms with Gasteiger partial charge in [0.2, 0.25) is 0 Å². The van der Waals surface area contributed by atoms with Crippen molar-refractivity contribution in [1.29, 1.82) is 0 Å². The lowest BCUT2D eigenvalue weighted by atomic mass is 9.98. The minimum absolute atomic E-state index is 0.0316. The van der Waals surface area contributed by atoms with E-state index in [0.29, 0.717) is 12.5 Å². The molecule has 116 valence electrons. The van der Waals surface area contributed by atoms with Crippen LogP contribution in [-0.4, -0.2) is 36.5 Å². The second kappa shape index (κ2) is 7.46. The molecule has 0 unspecified atom stereocenters. The van der Waals surface area contributed by atoms with Crippen molar-refractivity contribution in [2.45, 2.75) is 45.1 Å². The predicted molar refractivity (Wildman–Crippen MR) is 84.4 cm³/mol. The molecular weight excluding hydrogens is 264 g/mol. The van der Waals surface area contributed by atoms with Gasteiger partial charge in [0.25, 0.3) is 5.91 Å². The Balaban J connectivity index is 1.95. The molecule has 1 aromatic rings. The zero-order valence-corrected chi connectivity index (χ0v) is 13.0. The molecule has 2 rings (SSSR count). The fourth-order valence-electron chi connectivity index (χ4n) is 2.71. The average Bonchev–Trinajstić information content (AvgIpc) is 2.52. The molecule has 1 saturated heterocycles. The van der Waals surface area contributed by atoms with Gasteiger partial charge in [-0.15, -0.1) is 0 Å². The van der Waals surface area contributed by atoms with E-state index >= 15 is 0 Å². The molecule has 0 bridgehead atoms. The topological polar surface area (TPSA) is 55.6 Å². The average molecular weight is 290 g/mol. The number of hydrogen-bond acceptors (Lipinski definition) is 3. The number of carbonyl (C=O) groups is 1. The van der Waals surface area contributed by atoms with Crippen molar-refractivity contribution in [2.75, 3.05) is 19.7 Å². The lowest BCUT2D eigenvalue weighted by Crippen LogP contribution is -2.47. The number of hydrogen-bond donors (Lipinski definition) is 1. The zero-order valence-electron chi connectivity index (χ0n) is 13.0. The smallest absolute Gasteiger partial charge is 0.260 e. The molecule has 21 heavy (non-hydrogen) atoms. The van der Waals surface area contributed by atoms with E-state index in [9.17, 15) is 4.79 Å². The van der Waals surface area contributed by atoms with Crippen molar-refractivity contribution in [3.8, 4) is 5.75 Å². The molecule has 1 aliphatic heterocycles. The van der Waals surface area contributed by atoms with E-state index in [-0.39, 0.29) is 18.6 Å². The van der Waals surface area contributed by atoms with Gasteiger partial charge in [-0.05, 0) is 36.8 Å². The molecule has 4 heteroatoms. The summed E-state index contributed by atoms with van der Waals surface area (Å²) < 4.78 is 5.78. The largest absolute Gasteiger partial charge is 0.483 e. The molecule has 4 nitrogen and oxygen atoms in total. The van der Waals surface area contributed by atoms with Crippen molar-refractivity contribution in [3.63, 3.8) is 0 Å². The summed E-state index contributed by atoms with van der Waals surface area (Å²) in [4.78, 5) is 14.0. The van der Waals surface area contributed by atoms with Gasteiger partial charge >= 0.3 is 0 Å². The monoisotopic (exact) mass is 290 g/mol. The molecular formula is C17H26N2O2. The Morgan fingerprint density at radius 1 is 1.48 bits per heavy atom. The number of ether oxygens (including phenoxy) is 1. The predicted octanol–water partition coefficient (Wildman–Crippen LogP) is 2.53. The van der Waals surface area contributed by atoms with E-state index in [4.69, 9.17) is 10.5 Å². The molecule has 0 saturated carbocycles. The van der Waals surface area contributed by atoms with Crippen LogP contribution in [-0.2, 0) is 4.79 Å². The van der Waals surface area contributed by atoms with Gasteiger partial charge in [0.15, 0.2) is 6.61 Å². The van der Waals surface area contributed by atoms with Gasteiger partial charge in [-0.1, -0.05) is 32.0 Å². The molecule has 0 aliphatic carbocycles. The number of para-hydroxylation sites is 1. The van der Waals surface area contributed by atoms with Crippen LogP contribution in [0.2, 0.25) is 0 Å². The molecule has 1 aromatic carbocycles. The minimum atomic E-state index is 0.0316. The van der Waals surface area contributed by atoms with Crippen LogP contribution in [0, 0.1) is 0 Å². The Morgan fingerprint density at radius 3 is 2.95 bits per heavy atom. The number of benzene rings is 1. The lowest BCUT2D eigenvalue weighted by molar-refractivity contribution is -0.134. The molecule has 0 spiro atoms. The van der Waals surface area contributed by atoms with Crippen LogP contribution >= 0.6 is 0 Å². The second-order valence-electron chi connectivity index (χ2n) is 5.88. The van der Waals surface area contributed by atoms with Gasteiger partial charge in [0.1, 0.15) is 5.75 Å². The highest BCUT2D eigenvalue weighted by Gasteiger charge is 2.21. The lowest BCUT2D eigenvalue weighted by Gasteiger charge is -2.30. The molecule has 1 fully saturated rings. The molecule has 2 atom stereocenters. The zero-order chi connectivity index (χ0) is 15.2. The van der Waals surface area contributed by atoms with Crippen LogP contribution in [0.1, 0.15) is 44.6 Å². The number of rotatable bonds is 5. The van der Waals surface area contributed by atoms with Gasteiger partial charge in [-0.2, -0.15) is 0 Å². The maximum Gasteiger partial charge on any atom is 0.260 e. The molecule has 2 N–H and O–H groups in total. The summed E-state index contributed by atoms with van der Waals surface area (Å²) in [6.07, 6.45) is 3.03. The van der Waals surface area contributed by atoms with Gasteiger partial charge in [0.05, 0.1) is 0 Å². The summed E-state index contributed by atoms with van der Waals surface area (Å²) >= 11 is 0. The van der Waals surface area contributed by atoms with E-state index in [1.54, 1.807) is 0 Å². The van der Waals surface area contributed by atoms with Gasteiger partial charge in [-0.25, -0.2) is 0 Å². The van der Waals surface area contributed by atoms with E-state index in [0.717, 1.165) is 31.6 Å². The summed E-state index contributed by atoms with van der Waals surface area (Å²) in [5, 5.41) is 0. The first-order valence-electron chi connectivity index (χ1n) is 7.87. The first-order chi connectivity index (χ1) is 10.1. The van der Waals surface area contributed by atoms with E-state index in [1.807, 2.05) is 23.1 Å². The molecule has 0 radical (unpaired) electrons. The molecule has 1 aliphatic rings. The number of likely N-dealkylation sites (tertiary alicyclic amines) is 1. The summed E-state index contributed by atoms with van der Waals surface area (Å²) in [7, 11) is 0. The van der Waals surface area contributed by atoms with Crippen LogP contribution in [0.15, 0.2) is 24.3 Å². The third-order valence-electron chi connectivity index (χ3n) is 4.22. The standard InChI is InChI=1S/C17H26N2O2/c1-3-13(2)15-8-4-5-9-16(15)21-12-17(20)19-10-6-7-14(18)11-19/h4-5,8-9,13-14H,3,6-7,10-12,18H2,1-2H3/t13-,14-/m1/s1. The summed E-state index contributed by atoms with van der Waals surface area (Å²) in [5.74, 6) is 1.28. The third kappa shape index (κ3) is 4.21. The van der Waals surface area contributed by atoms with Crippen LogP contribution < -0.4 is 10.5 Å². The third-order valence-corrected chi connectivity index (χ3v) is 4.22. The highest BCUT2D eigenvalue weighted by atomic mass is 16.5. The molecule has 1 heterocycles. The van der Waals surface area contributed by atoms with Crippen molar-refractivity contribution in [3.05, 3.63) is 29.8 Å². The number of carbonyl (C=O) groups excluding carboxylic acids is 1. The maximum absolute atomic E-state index is 12.2. The highest BCUT2D eigenvalue weighted by molar-refractivity contribution is 5.78. The van der Waals surface area contributed by atoms with Crippen molar-refractivity contribution < 1.29 is 9.53 Å².